The van der Waals surface area contributed by atoms with Gasteiger partial charge in [0.05, 0.1) is 0 Å². The van der Waals surface area contributed by atoms with Gasteiger partial charge >= 0.3 is 0 Å². The summed E-state index contributed by atoms with van der Waals surface area (Å²) in [5.74, 6) is 0.210. The van der Waals surface area contributed by atoms with Crippen LogP contribution in [0.3, 0.4) is 0 Å². The fraction of sp³-hybridized carbons (Fsp3) is 0.462. The minimum atomic E-state index is 0.210. The Labute approximate surface area is 91.3 Å². The van der Waals surface area contributed by atoms with Gasteiger partial charge < -0.3 is 4.74 Å². The lowest BCUT2D eigenvalue weighted by atomic mass is 10.0. The average molecular weight is 206 g/mol. The van der Waals surface area contributed by atoms with Crippen LogP contribution in [0, 0.1) is 0 Å². The predicted octanol–water partition coefficient (Wildman–Crippen LogP) is 2.40. The molecule has 0 radical (unpaired) electrons. The smallest absolute Gasteiger partial charge is 0.134 e. The topological polar surface area (TPSA) is 26.3 Å². The first kappa shape index (κ1) is 11.9. The lowest BCUT2D eigenvalue weighted by Crippen LogP contribution is -1.97. The number of ketones is 1. The van der Waals surface area contributed by atoms with Crippen LogP contribution in [0.2, 0.25) is 0 Å². The zero-order valence-electron chi connectivity index (χ0n) is 9.45. The van der Waals surface area contributed by atoms with Crippen LogP contribution in [0.5, 0.6) is 0 Å². The van der Waals surface area contributed by atoms with Crippen molar-refractivity contribution in [2.45, 2.75) is 26.2 Å². The van der Waals surface area contributed by atoms with Crippen molar-refractivity contribution in [1.82, 2.24) is 0 Å². The molecule has 1 rings (SSSR count). The highest BCUT2D eigenvalue weighted by molar-refractivity contribution is 5.78. The van der Waals surface area contributed by atoms with Gasteiger partial charge in [0.1, 0.15) is 5.78 Å². The SMILES string of the molecule is COCCCc1ccc(CC(C)=O)cc1. The summed E-state index contributed by atoms with van der Waals surface area (Å²) in [6.07, 6.45) is 2.62. The number of aryl methyl sites for hydroxylation is 1. The highest BCUT2D eigenvalue weighted by atomic mass is 16.5. The molecular weight excluding hydrogens is 188 g/mol. The van der Waals surface area contributed by atoms with Gasteiger partial charge in [-0.15, -0.1) is 0 Å². The summed E-state index contributed by atoms with van der Waals surface area (Å²) < 4.78 is 5.00. The predicted molar refractivity (Wildman–Crippen MR) is 61.0 cm³/mol. The van der Waals surface area contributed by atoms with Crippen molar-refractivity contribution >= 4 is 5.78 Å². The van der Waals surface area contributed by atoms with Crippen LogP contribution in [0.4, 0.5) is 0 Å². The second-order valence-electron chi connectivity index (χ2n) is 3.79. The first-order chi connectivity index (χ1) is 7.22. The van der Waals surface area contributed by atoms with E-state index in [2.05, 4.69) is 12.1 Å². The van der Waals surface area contributed by atoms with Crippen molar-refractivity contribution in [1.29, 1.82) is 0 Å². The van der Waals surface area contributed by atoms with Crippen LogP contribution < -0.4 is 0 Å². The van der Waals surface area contributed by atoms with Gasteiger partial charge in [-0.05, 0) is 30.9 Å². The van der Waals surface area contributed by atoms with E-state index in [9.17, 15) is 4.79 Å². The van der Waals surface area contributed by atoms with Gasteiger partial charge in [-0.3, -0.25) is 4.79 Å². The van der Waals surface area contributed by atoms with Crippen molar-refractivity contribution in [2.24, 2.45) is 0 Å². The molecule has 0 N–H and O–H groups in total. The molecule has 0 amide bonds. The van der Waals surface area contributed by atoms with Gasteiger partial charge in [0.2, 0.25) is 0 Å². The Hall–Kier alpha value is -1.15. The summed E-state index contributed by atoms with van der Waals surface area (Å²) in [7, 11) is 1.72. The molecule has 0 saturated heterocycles. The molecule has 0 spiro atoms. The van der Waals surface area contributed by atoms with E-state index < -0.39 is 0 Å². The van der Waals surface area contributed by atoms with Crippen LogP contribution >= 0.6 is 0 Å². The number of hydrogen-bond acceptors (Lipinski definition) is 2. The Bertz CT molecular complexity index is 301. The monoisotopic (exact) mass is 206 g/mol. The number of Topliss-reactive ketones (excluding diaryl/α,β-unsaturated/α-hetero) is 1. The van der Waals surface area contributed by atoms with Crippen molar-refractivity contribution < 1.29 is 9.53 Å². The molecule has 2 heteroatoms. The maximum absolute atomic E-state index is 10.9. The number of methoxy groups -OCH3 is 1. The van der Waals surface area contributed by atoms with Crippen LogP contribution in [0.25, 0.3) is 0 Å². The van der Waals surface area contributed by atoms with E-state index in [-0.39, 0.29) is 5.78 Å². The molecule has 0 atom stereocenters. The lowest BCUT2D eigenvalue weighted by molar-refractivity contribution is -0.116. The minimum absolute atomic E-state index is 0.210. The van der Waals surface area contributed by atoms with E-state index >= 15 is 0 Å². The number of carbonyl (C=O) groups is 1. The summed E-state index contributed by atoms with van der Waals surface area (Å²) in [6.45, 7) is 2.42. The maximum atomic E-state index is 10.9. The molecule has 0 aromatic heterocycles. The molecule has 1 aromatic rings. The Morgan fingerprint density at radius 2 is 1.80 bits per heavy atom. The van der Waals surface area contributed by atoms with Crippen LogP contribution in [0.1, 0.15) is 24.5 Å². The molecule has 0 unspecified atom stereocenters. The van der Waals surface area contributed by atoms with E-state index in [1.54, 1.807) is 14.0 Å². The molecule has 0 aliphatic rings. The quantitative estimate of drug-likeness (QED) is 0.668. The van der Waals surface area contributed by atoms with E-state index in [1.165, 1.54) is 5.56 Å². The van der Waals surface area contributed by atoms with Gasteiger partial charge in [-0.25, -0.2) is 0 Å². The normalized spacial score (nSPS) is 10.3. The largest absolute Gasteiger partial charge is 0.385 e. The second-order valence-corrected chi connectivity index (χ2v) is 3.79. The molecule has 0 aliphatic carbocycles. The first-order valence-electron chi connectivity index (χ1n) is 5.28. The van der Waals surface area contributed by atoms with Crippen LogP contribution in [-0.2, 0) is 22.4 Å². The zero-order chi connectivity index (χ0) is 11.1. The van der Waals surface area contributed by atoms with Crippen molar-refractivity contribution in [3.63, 3.8) is 0 Å². The summed E-state index contributed by atoms with van der Waals surface area (Å²) in [5, 5.41) is 0. The van der Waals surface area contributed by atoms with Gasteiger partial charge in [-0.1, -0.05) is 24.3 Å². The number of carbonyl (C=O) groups excluding carboxylic acids is 1. The number of ether oxygens (including phenoxy) is 1. The molecule has 2 nitrogen and oxygen atoms in total. The molecular formula is C13H18O2. The lowest BCUT2D eigenvalue weighted by Gasteiger charge is -2.02. The summed E-state index contributed by atoms with van der Waals surface area (Å²) in [5.41, 5.74) is 2.40. The number of rotatable bonds is 6. The average Bonchev–Trinajstić information content (AvgIpc) is 2.20. The molecule has 82 valence electrons. The fourth-order valence-electron chi connectivity index (χ4n) is 1.53. The van der Waals surface area contributed by atoms with E-state index in [0.29, 0.717) is 6.42 Å². The highest BCUT2D eigenvalue weighted by Crippen LogP contribution is 2.07. The number of benzene rings is 1. The fourth-order valence-corrected chi connectivity index (χ4v) is 1.53. The third-order valence-corrected chi connectivity index (χ3v) is 2.29. The molecule has 15 heavy (non-hydrogen) atoms. The number of hydrogen-bond donors (Lipinski definition) is 0. The minimum Gasteiger partial charge on any atom is -0.385 e. The maximum Gasteiger partial charge on any atom is 0.134 e. The van der Waals surface area contributed by atoms with E-state index in [1.807, 2.05) is 12.1 Å². The van der Waals surface area contributed by atoms with Gasteiger partial charge in [0, 0.05) is 20.1 Å². The Morgan fingerprint density at radius 1 is 1.20 bits per heavy atom. The first-order valence-corrected chi connectivity index (χ1v) is 5.28. The second kappa shape index (κ2) is 6.36. The highest BCUT2D eigenvalue weighted by Gasteiger charge is 1.98. The summed E-state index contributed by atoms with van der Waals surface area (Å²) in [6, 6.07) is 8.24. The molecule has 0 heterocycles. The molecule has 0 fully saturated rings. The van der Waals surface area contributed by atoms with E-state index in [4.69, 9.17) is 4.74 Å². The van der Waals surface area contributed by atoms with Crippen molar-refractivity contribution in [2.75, 3.05) is 13.7 Å². The van der Waals surface area contributed by atoms with Gasteiger partial charge in [0.15, 0.2) is 0 Å². The van der Waals surface area contributed by atoms with E-state index in [0.717, 1.165) is 25.0 Å². The molecule has 0 bridgehead atoms. The molecule has 0 saturated carbocycles. The van der Waals surface area contributed by atoms with Crippen molar-refractivity contribution in [3.05, 3.63) is 35.4 Å². The summed E-state index contributed by atoms with van der Waals surface area (Å²) >= 11 is 0. The van der Waals surface area contributed by atoms with Crippen LogP contribution in [0.15, 0.2) is 24.3 Å². The summed E-state index contributed by atoms with van der Waals surface area (Å²) in [4.78, 5) is 10.9. The van der Waals surface area contributed by atoms with Crippen molar-refractivity contribution in [3.8, 4) is 0 Å². The van der Waals surface area contributed by atoms with Gasteiger partial charge in [0.25, 0.3) is 0 Å². The van der Waals surface area contributed by atoms with Gasteiger partial charge in [-0.2, -0.15) is 0 Å². The third kappa shape index (κ3) is 4.75. The Morgan fingerprint density at radius 3 is 2.33 bits per heavy atom. The molecule has 0 aliphatic heterocycles. The Balaban J connectivity index is 2.45. The van der Waals surface area contributed by atoms with Crippen LogP contribution in [-0.4, -0.2) is 19.5 Å². The third-order valence-electron chi connectivity index (χ3n) is 2.29. The Kier molecular flexibility index (Phi) is 5.05. The standard InChI is InChI=1S/C13H18O2/c1-11(14)10-13-7-5-12(6-8-13)4-3-9-15-2/h5-8H,3-4,9-10H2,1-2H3. The zero-order valence-corrected chi connectivity index (χ0v) is 9.45. The molecule has 1 aromatic carbocycles.